The number of benzene rings is 2. The van der Waals surface area contributed by atoms with E-state index < -0.39 is 10.8 Å². The molecule has 118 valence electrons. The molecule has 1 heterocycles. The van der Waals surface area contributed by atoms with E-state index in [1.165, 1.54) is 0 Å². The molecule has 2 aromatic carbocycles. The highest BCUT2D eigenvalue weighted by Crippen LogP contribution is 2.31. The summed E-state index contributed by atoms with van der Waals surface area (Å²) in [6.07, 6.45) is 3.38. The van der Waals surface area contributed by atoms with E-state index in [0.717, 1.165) is 21.8 Å². The Kier molecular flexibility index (Phi) is 4.50. The van der Waals surface area contributed by atoms with Gasteiger partial charge in [0.15, 0.2) is 0 Å². The quantitative estimate of drug-likeness (QED) is 0.718. The van der Waals surface area contributed by atoms with Crippen LogP contribution in [0.2, 0.25) is 5.02 Å². The molecule has 0 fully saturated rings. The fourth-order valence-corrected chi connectivity index (χ4v) is 3.43. The van der Waals surface area contributed by atoms with Gasteiger partial charge in [0.2, 0.25) is 0 Å². The number of hydrogen-bond acceptors (Lipinski definition) is 3. The zero-order chi connectivity index (χ0) is 16.4. The lowest BCUT2D eigenvalue weighted by molar-refractivity contribution is 0.415. The Labute approximate surface area is 142 Å². The second-order valence-corrected chi connectivity index (χ2v) is 6.65. The lowest BCUT2D eigenvalue weighted by Gasteiger charge is -2.12. The molecule has 23 heavy (non-hydrogen) atoms. The van der Waals surface area contributed by atoms with E-state index >= 15 is 0 Å². The van der Waals surface area contributed by atoms with E-state index in [-0.39, 0.29) is 0 Å². The summed E-state index contributed by atoms with van der Waals surface area (Å²) < 4.78 is 18.9. The Hall–Kier alpha value is -2.11. The van der Waals surface area contributed by atoms with Gasteiger partial charge in [0, 0.05) is 16.7 Å². The van der Waals surface area contributed by atoms with Gasteiger partial charge in [0.1, 0.15) is 5.75 Å². The van der Waals surface area contributed by atoms with Gasteiger partial charge in [-0.1, -0.05) is 29.8 Å². The second-order valence-electron chi connectivity index (χ2n) is 4.90. The first-order valence-corrected chi connectivity index (χ1v) is 8.86. The number of methoxy groups -OCH3 is 1. The molecule has 3 rings (SSSR count). The first kappa shape index (κ1) is 15.8. The van der Waals surface area contributed by atoms with Crippen LogP contribution in [-0.2, 0) is 10.8 Å². The highest BCUT2D eigenvalue weighted by atomic mass is 35.5. The van der Waals surface area contributed by atoms with Crippen LogP contribution in [0.4, 0.5) is 0 Å². The number of ether oxygens (including phenoxy) is 1. The summed E-state index contributed by atoms with van der Waals surface area (Å²) in [5, 5.41) is 4.89. The average molecular weight is 347 g/mol. The minimum absolute atomic E-state index is 0.513. The van der Waals surface area contributed by atoms with Crippen molar-refractivity contribution in [2.75, 3.05) is 13.4 Å². The maximum Gasteiger partial charge on any atom is 0.137 e. The predicted molar refractivity (Wildman–Crippen MR) is 92.9 cm³/mol. The van der Waals surface area contributed by atoms with Crippen molar-refractivity contribution in [3.63, 3.8) is 0 Å². The highest BCUT2D eigenvalue weighted by Gasteiger charge is 2.14. The standard InChI is InChI=1S/C17H15ClN2O2S/c1-22-16-8-7-12(11-14(16)18)20-15(9-10-19-20)13-5-3-4-6-17(13)23(2)21/h3-11H,1-2H3. The number of nitrogens with zero attached hydrogens (tertiary/aromatic N) is 2. The molecule has 0 saturated carbocycles. The molecule has 1 atom stereocenters. The number of halogens is 1. The third kappa shape index (κ3) is 3.02. The van der Waals surface area contributed by atoms with Crippen LogP contribution >= 0.6 is 11.6 Å². The maximum atomic E-state index is 12.0. The van der Waals surface area contributed by atoms with E-state index in [1.807, 2.05) is 36.4 Å². The minimum Gasteiger partial charge on any atom is -0.495 e. The lowest BCUT2D eigenvalue weighted by Crippen LogP contribution is -2.01. The second kappa shape index (κ2) is 6.56. The highest BCUT2D eigenvalue weighted by molar-refractivity contribution is 7.84. The fourth-order valence-electron chi connectivity index (χ4n) is 2.43. The molecule has 0 aliphatic rings. The Balaban J connectivity index is 2.14. The average Bonchev–Trinajstić information content (AvgIpc) is 3.04. The summed E-state index contributed by atoms with van der Waals surface area (Å²) in [7, 11) is 0.490. The van der Waals surface area contributed by atoms with E-state index in [0.29, 0.717) is 10.8 Å². The number of rotatable bonds is 4. The van der Waals surface area contributed by atoms with Crippen molar-refractivity contribution in [3.8, 4) is 22.7 Å². The number of hydrogen-bond donors (Lipinski definition) is 0. The maximum absolute atomic E-state index is 12.0. The van der Waals surface area contributed by atoms with Crippen molar-refractivity contribution < 1.29 is 8.95 Å². The zero-order valence-electron chi connectivity index (χ0n) is 12.7. The summed E-state index contributed by atoms with van der Waals surface area (Å²) in [6.45, 7) is 0. The molecule has 0 radical (unpaired) electrons. The molecule has 0 N–H and O–H groups in total. The minimum atomic E-state index is -1.09. The van der Waals surface area contributed by atoms with Crippen molar-refractivity contribution in [2.24, 2.45) is 0 Å². The third-order valence-electron chi connectivity index (χ3n) is 3.50. The Bertz CT molecular complexity index is 877. The monoisotopic (exact) mass is 346 g/mol. The predicted octanol–water partition coefficient (Wildman–Crippen LogP) is 3.94. The van der Waals surface area contributed by atoms with E-state index in [1.54, 1.807) is 36.4 Å². The molecule has 1 unspecified atom stereocenters. The van der Waals surface area contributed by atoms with Gasteiger partial charge in [-0.2, -0.15) is 5.10 Å². The van der Waals surface area contributed by atoms with Crippen LogP contribution in [-0.4, -0.2) is 27.4 Å². The van der Waals surface area contributed by atoms with Gasteiger partial charge >= 0.3 is 0 Å². The molecule has 0 amide bonds. The molecule has 0 saturated heterocycles. The lowest BCUT2D eigenvalue weighted by atomic mass is 10.1. The number of aromatic nitrogens is 2. The van der Waals surface area contributed by atoms with Crippen LogP contribution in [0.15, 0.2) is 59.6 Å². The molecule has 0 aliphatic heterocycles. The van der Waals surface area contributed by atoms with Crippen LogP contribution in [0.5, 0.6) is 5.75 Å². The van der Waals surface area contributed by atoms with Crippen molar-refractivity contribution in [1.29, 1.82) is 0 Å². The molecular formula is C17H15ClN2O2S. The van der Waals surface area contributed by atoms with E-state index in [4.69, 9.17) is 16.3 Å². The topological polar surface area (TPSA) is 44.1 Å². The summed E-state index contributed by atoms with van der Waals surface area (Å²) in [5.41, 5.74) is 2.56. The van der Waals surface area contributed by atoms with Crippen LogP contribution in [0.25, 0.3) is 16.9 Å². The van der Waals surface area contributed by atoms with E-state index in [9.17, 15) is 4.21 Å². The van der Waals surface area contributed by atoms with E-state index in [2.05, 4.69) is 5.10 Å². The zero-order valence-corrected chi connectivity index (χ0v) is 14.3. The van der Waals surface area contributed by atoms with Gasteiger partial charge in [0.25, 0.3) is 0 Å². The van der Waals surface area contributed by atoms with Crippen molar-refractivity contribution in [1.82, 2.24) is 9.78 Å². The van der Waals surface area contributed by atoms with Gasteiger partial charge in [-0.3, -0.25) is 4.21 Å². The molecule has 0 spiro atoms. The van der Waals surface area contributed by atoms with Gasteiger partial charge in [-0.05, 0) is 30.3 Å². The van der Waals surface area contributed by atoms with Gasteiger partial charge in [-0.25, -0.2) is 4.68 Å². The van der Waals surface area contributed by atoms with Gasteiger partial charge in [-0.15, -0.1) is 0 Å². The third-order valence-corrected chi connectivity index (χ3v) is 4.77. The van der Waals surface area contributed by atoms with Crippen molar-refractivity contribution in [2.45, 2.75) is 4.90 Å². The van der Waals surface area contributed by atoms with Crippen molar-refractivity contribution in [3.05, 3.63) is 59.8 Å². The Morgan fingerprint density at radius 2 is 1.96 bits per heavy atom. The van der Waals surface area contributed by atoms with Crippen LogP contribution in [0, 0.1) is 0 Å². The SMILES string of the molecule is COc1ccc(-n2nccc2-c2ccccc2S(C)=O)cc1Cl. The summed E-state index contributed by atoms with van der Waals surface area (Å²) in [5.74, 6) is 0.610. The molecule has 6 heteroatoms. The van der Waals surface area contributed by atoms with Gasteiger partial charge in [0.05, 0.1) is 40.5 Å². The molecule has 0 bridgehead atoms. The normalized spacial score (nSPS) is 12.1. The summed E-state index contributed by atoms with van der Waals surface area (Å²) in [6, 6.07) is 15.0. The molecule has 0 aliphatic carbocycles. The molecule has 3 aromatic rings. The Morgan fingerprint density at radius 3 is 2.65 bits per heavy atom. The summed E-state index contributed by atoms with van der Waals surface area (Å²) >= 11 is 6.21. The largest absolute Gasteiger partial charge is 0.495 e. The Morgan fingerprint density at radius 1 is 1.17 bits per heavy atom. The van der Waals surface area contributed by atoms with Gasteiger partial charge < -0.3 is 4.74 Å². The molecule has 4 nitrogen and oxygen atoms in total. The molecule has 1 aromatic heterocycles. The first-order valence-electron chi connectivity index (χ1n) is 6.92. The summed E-state index contributed by atoms with van der Waals surface area (Å²) in [4.78, 5) is 0.772. The first-order chi connectivity index (χ1) is 11.1. The molecular weight excluding hydrogens is 332 g/mol. The van der Waals surface area contributed by atoms with Crippen LogP contribution < -0.4 is 4.74 Å². The fraction of sp³-hybridized carbons (Fsp3) is 0.118. The smallest absolute Gasteiger partial charge is 0.137 e. The van der Waals surface area contributed by atoms with Crippen LogP contribution in [0.1, 0.15) is 0 Å². The van der Waals surface area contributed by atoms with Crippen molar-refractivity contribution >= 4 is 22.4 Å². The van der Waals surface area contributed by atoms with Crippen LogP contribution in [0.3, 0.4) is 0 Å².